The summed E-state index contributed by atoms with van der Waals surface area (Å²) in [6.07, 6.45) is 5.36. The lowest BCUT2D eigenvalue weighted by molar-refractivity contribution is 0.0694. The van der Waals surface area contributed by atoms with Gasteiger partial charge in [-0.3, -0.25) is 9.36 Å². The number of pyridine rings is 1. The van der Waals surface area contributed by atoms with Crippen molar-refractivity contribution in [1.29, 1.82) is 0 Å². The summed E-state index contributed by atoms with van der Waals surface area (Å²) in [4.78, 5) is 23.9. The summed E-state index contributed by atoms with van der Waals surface area (Å²) in [7, 11) is 0. The molecule has 0 unspecified atom stereocenters. The van der Waals surface area contributed by atoms with Crippen LogP contribution in [0.4, 0.5) is 0 Å². The smallest absolute Gasteiger partial charge is 0.337 e. The van der Waals surface area contributed by atoms with Crippen molar-refractivity contribution >= 4 is 5.97 Å². The van der Waals surface area contributed by atoms with E-state index >= 15 is 0 Å². The molecule has 4 nitrogen and oxygen atoms in total. The number of carboxylic acids is 1. The van der Waals surface area contributed by atoms with Gasteiger partial charge in [-0.2, -0.15) is 0 Å². The van der Waals surface area contributed by atoms with Crippen molar-refractivity contribution < 1.29 is 9.90 Å². The topological polar surface area (TPSA) is 59.3 Å². The molecule has 0 aliphatic rings. The first-order chi connectivity index (χ1) is 9.49. The number of carboxylic acid groups (broad SMARTS) is 1. The van der Waals surface area contributed by atoms with E-state index in [1.54, 1.807) is 38.1 Å². The maximum atomic E-state index is 12.4. The van der Waals surface area contributed by atoms with Crippen molar-refractivity contribution in [3.63, 3.8) is 0 Å². The number of rotatable bonds is 2. The van der Waals surface area contributed by atoms with Crippen molar-refractivity contribution in [2.24, 2.45) is 0 Å². The molecule has 1 N–H and O–H groups in total. The zero-order valence-electron chi connectivity index (χ0n) is 11.2. The normalized spacial score (nSPS) is 10.1. The van der Waals surface area contributed by atoms with Crippen LogP contribution in [0, 0.1) is 26.2 Å². The quantitative estimate of drug-likeness (QED) is 0.848. The highest BCUT2D eigenvalue weighted by molar-refractivity contribution is 5.91. The Balaban J connectivity index is 2.97. The third-order valence-corrected chi connectivity index (χ3v) is 3.24. The Morgan fingerprint density at radius 3 is 2.35 bits per heavy atom. The van der Waals surface area contributed by atoms with E-state index in [1.165, 1.54) is 4.57 Å². The summed E-state index contributed by atoms with van der Waals surface area (Å²) < 4.78 is 1.34. The Bertz CT molecular complexity index is 780. The molecule has 20 heavy (non-hydrogen) atoms. The summed E-state index contributed by atoms with van der Waals surface area (Å²) in [5.41, 5.74) is 1.06. The van der Waals surface area contributed by atoms with E-state index in [0.717, 1.165) is 0 Å². The van der Waals surface area contributed by atoms with Gasteiger partial charge in [0.15, 0.2) is 0 Å². The van der Waals surface area contributed by atoms with Crippen LogP contribution >= 0.6 is 0 Å². The number of aromatic carboxylic acids is 1. The van der Waals surface area contributed by atoms with Gasteiger partial charge in [0.05, 0.1) is 11.1 Å². The molecule has 0 atom stereocenters. The van der Waals surface area contributed by atoms with Crippen LogP contribution in [0.15, 0.2) is 35.1 Å². The van der Waals surface area contributed by atoms with Gasteiger partial charge in [0.2, 0.25) is 0 Å². The average Bonchev–Trinajstić information content (AvgIpc) is 2.39. The number of benzene rings is 1. The van der Waals surface area contributed by atoms with Crippen LogP contribution in [-0.2, 0) is 0 Å². The minimum atomic E-state index is -1.10. The lowest BCUT2D eigenvalue weighted by Gasteiger charge is -2.15. The second-order valence-electron chi connectivity index (χ2n) is 4.39. The third kappa shape index (κ3) is 1.99. The van der Waals surface area contributed by atoms with E-state index < -0.39 is 5.97 Å². The van der Waals surface area contributed by atoms with Gasteiger partial charge in [-0.25, -0.2) is 4.79 Å². The monoisotopic (exact) mass is 267 g/mol. The predicted molar refractivity (Wildman–Crippen MR) is 76.4 cm³/mol. The number of nitrogens with zero attached hydrogens (tertiary/aromatic N) is 1. The van der Waals surface area contributed by atoms with Crippen LogP contribution in [-0.4, -0.2) is 15.6 Å². The van der Waals surface area contributed by atoms with E-state index in [0.29, 0.717) is 16.9 Å². The molecular weight excluding hydrogens is 254 g/mol. The first-order valence-corrected chi connectivity index (χ1v) is 6.00. The Kier molecular flexibility index (Phi) is 3.45. The number of para-hydroxylation sites is 1. The number of carbonyl (C=O) groups is 1. The molecule has 2 rings (SSSR count). The highest BCUT2D eigenvalue weighted by atomic mass is 16.4. The fourth-order valence-electron chi connectivity index (χ4n) is 2.31. The molecule has 0 spiro atoms. The van der Waals surface area contributed by atoms with E-state index in [4.69, 9.17) is 6.42 Å². The second-order valence-corrected chi connectivity index (χ2v) is 4.39. The van der Waals surface area contributed by atoms with Gasteiger partial charge in [-0.05, 0) is 31.5 Å². The Labute approximate surface area is 116 Å². The van der Waals surface area contributed by atoms with E-state index in [2.05, 4.69) is 5.92 Å². The van der Waals surface area contributed by atoms with E-state index in [1.807, 2.05) is 6.07 Å². The zero-order chi connectivity index (χ0) is 14.9. The number of terminal acetylenes is 1. The van der Waals surface area contributed by atoms with Crippen molar-refractivity contribution in [2.75, 3.05) is 0 Å². The van der Waals surface area contributed by atoms with Gasteiger partial charge in [-0.1, -0.05) is 24.1 Å². The van der Waals surface area contributed by atoms with Gasteiger partial charge in [-0.15, -0.1) is 6.42 Å². The summed E-state index contributed by atoms with van der Waals surface area (Å²) in [6.45, 7) is 3.16. The summed E-state index contributed by atoms with van der Waals surface area (Å²) in [5.74, 6) is 1.20. The minimum Gasteiger partial charge on any atom is -0.478 e. The number of aromatic nitrogens is 1. The molecule has 0 aliphatic heterocycles. The molecule has 4 heteroatoms. The van der Waals surface area contributed by atoms with Crippen LogP contribution in [0.25, 0.3) is 5.69 Å². The Hall–Kier alpha value is -2.80. The van der Waals surface area contributed by atoms with Crippen molar-refractivity contribution in [1.82, 2.24) is 4.57 Å². The van der Waals surface area contributed by atoms with Crippen LogP contribution in [0.5, 0.6) is 0 Å². The van der Waals surface area contributed by atoms with Crippen molar-refractivity contribution in [2.45, 2.75) is 13.8 Å². The Morgan fingerprint density at radius 2 is 1.85 bits per heavy atom. The van der Waals surface area contributed by atoms with Gasteiger partial charge >= 0.3 is 5.97 Å². The highest BCUT2D eigenvalue weighted by Crippen LogP contribution is 2.18. The number of hydrogen-bond acceptors (Lipinski definition) is 2. The van der Waals surface area contributed by atoms with Gasteiger partial charge in [0.1, 0.15) is 0 Å². The standard InChI is InChI=1S/C16H13NO3/c1-4-13-10(2)14(16(19)20)11(3)17(15(13)18)12-8-6-5-7-9-12/h1,5-9H,2-3H3,(H,19,20). The molecule has 0 amide bonds. The van der Waals surface area contributed by atoms with Gasteiger partial charge < -0.3 is 5.11 Å². The predicted octanol–water partition coefficient (Wildman–Crippen LogP) is 2.13. The SMILES string of the molecule is C#Cc1c(C)c(C(=O)O)c(C)n(-c2ccccc2)c1=O. The van der Waals surface area contributed by atoms with Crippen LogP contribution in [0.1, 0.15) is 27.2 Å². The lowest BCUT2D eigenvalue weighted by Crippen LogP contribution is -2.27. The van der Waals surface area contributed by atoms with Crippen LogP contribution in [0.2, 0.25) is 0 Å². The molecule has 100 valence electrons. The lowest BCUT2D eigenvalue weighted by atomic mass is 10.0. The first-order valence-electron chi connectivity index (χ1n) is 6.00. The minimum absolute atomic E-state index is 0.0707. The molecule has 1 aromatic carbocycles. The molecule has 0 fully saturated rings. The molecule has 2 aromatic rings. The van der Waals surface area contributed by atoms with E-state index in [9.17, 15) is 14.7 Å². The zero-order valence-corrected chi connectivity index (χ0v) is 11.2. The third-order valence-electron chi connectivity index (χ3n) is 3.24. The number of hydrogen-bond donors (Lipinski definition) is 1. The van der Waals surface area contributed by atoms with Crippen LogP contribution < -0.4 is 5.56 Å². The maximum absolute atomic E-state index is 12.4. The molecule has 0 bridgehead atoms. The second kappa shape index (κ2) is 5.06. The largest absolute Gasteiger partial charge is 0.478 e. The molecule has 0 saturated carbocycles. The van der Waals surface area contributed by atoms with Gasteiger partial charge in [0.25, 0.3) is 5.56 Å². The van der Waals surface area contributed by atoms with E-state index in [-0.39, 0.29) is 16.7 Å². The summed E-state index contributed by atoms with van der Waals surface area (Å²) in [5, 5.41) is 9.34. The summed E-state index contributed by atoms with van der Waals surface area (Å²) in [6, 6.07) is 8.83. The fourth-order valence-corrected chi connectivity index (χ4v) is 2.31. The fraction of sp³-hybridized carbons (Fsp3) is 0.125. The molecule has 1 aromatic heterocycles. The highest BCUT2D eigenvalue weighted by Gasteiger charge is 2.20. The van der Waals surface area contributed by atoms with Crippen molar-refractivity contribution in [3.05, 3.63) is 63.1 Å². The molecule has 0 radical (unpaired) electrons. The van der Waals surface area contributed by atoms with Gasteiger partial charge in [0, 0.05) is 11.4 Å². The molecule has 0 aliphatic carbocycles. The Morgan fingerprint density at radius 1 is 1.25 bits per heavy atom. The molecular formula is C16H13NO3. The molecule has 0 saturated heterocycles. The molecule has 1 heterocycles. The summed E-state index contributed by atoms with van der Waals surface area (Å²) >= 11 is 0. The maximum Gasteiger partial charge on any atom is 0.337 e. The average molecular weight is 267 g/mol. The van der Waals surface area contributed by atoms with Crippen molar-refractivity contribution in [3.8, 4) is 18.0 Å². The first kappa shape index (κ1) is 13.6. The van der Waals surface area contributed by atoms with Crippen LogP contribution in [0.3, 0.4) is 0 Å².